The van der Waals surface area contributed by atoms with E-state index in [9.17, 15) is 17.6 Å². The van der Waals surface area contributed by atoms with E-state index in [0.717, 1.165) is 10.6 Å². The van der Waals surface area contributed by atoms with Crippen molar-refractivity contribution in [3.8, 4) is 0 Å². The van der Waals surface area contributed by atoms with E-state index in [1.807, 2.05) is 0 Å². The van der Waals surface area contributed by atoms with Gasteiger partial charge in [-0.15, -0.1) is 11.8 Å². The molecule has 0 unspecified atom stereocenters. The topological polar surface area (TPSA) is 66.5 Å². The molecule has 1 N–H and O–H groups in total. The van der Waals surface area contributed by atoms with Crippen molar-refractivity contribution in [3.63, 3.8) is 0 Å². The average Bonchev–Trinajstić information content (AvgIpc) is 2.80. The third-order valence-corrected chi connectivity index (χ3v) is 7.52. The molecule has 1 amide bonds. The van der Waals surface area contributed by atoms with Gasteiger partial charge in [0.2, 0.25) is 0 Å². The Morgan fingerprint density at radius 1 is 0.968 bits per heavy atom. The standard InChI is InChI=1S/C23H23FN2O3S2/c1-26(19-8-3-2-4-9-19)31(28,29)22-11-6-5-10-21(22)23(27)25-16-7-17-30-20-14-12-18(24)13-15-20/h2-6,8-15H,7,16-17H2,1H3,(H,25,27). The third kappa shape index (κ3) is 5.86. The summed E-state index contributed by atoms with van der Waals surface area (Å²) in [5, 5.41) is 2.79. The highest BCUT2D eigenvalue weighted by Crippen LogP contribution is 2.24. The summed E-state index contributed by atoms with van der Waals surface area (Å²) in [5.41, 5.74) is 0.618. The van der Waals surface area contributed by atoms with E-state index in [-0.39, 0.29) is 16.3 Å². The minimum absolute atomic E-state index is 0.0421. The molecule has 31 heavy (non-hydrogen) atoms. The van der Waals surface area contributed by atoms with E-state index >= 15 is 0 Å². The Bertz CT molecular complexity index is 1120. The lowest BCUT2D eigenvalue weighted by Crippen LogP contribution is -2.31. The van der Waals surface area contributed by atoms with Crippen molar-refractivity contribution in [1.82, 2.24) is 5.32 Å². The van der Waals surface area contributed by atoms with Crippen LogP contribution in [0.2, 0.25) is 0 Å². The number of nitrogens with one attached hydrogen (secondary N) is 1. The van der Waals surface area contributed by atoms with Crippen LogP contribution >= 0.6 is 11.8 Å². The first kappa shape index (κ1) is 22.8. The first-order chi connectivity index (χ1) is 14.9. The van der Waals surface area contributed by atoms with Gasteiger partial charge in [-0.1, -0.05) is 30.3 Å². The number of benzene rings is 3. The number of para-hydroxylation sites is 1. The monoisotopic (exact) mass is 458 g/mol. The molecule has 8 heteroatoms. The summed E-state index contributed by atoms with van der Waals surface area (Å²) in [6.45, 7) is 0.399. The predicted molar refractivity (Wildman–Crippen MR) is 123 cm³/mol. The Balaban J connectivity index is 1.62. The number of anilines is 1. The van der Waals surface area contributed by atoms with Crippen molar-refractivity contribution in [2.45, 2.75) is 16.2 Å². The Kier molecular flexibility index (Phi) is 7.70. The zero-order valence-electron chi connectivity index (χ0n) is 17.0. The molecule has 0 bridgehead atoms. The quantitative estimate of drug-likeness (QED) is 0.377. The highest BCUT2D eigenvalue weighted by molar-refractivity contribution is 7.99. The Labute approximate surface area is 186 Å². The maximum atomic E-state index is 13.1. The lowest BCUT2D eigenvalue weighted by Gasteiger charge is -2.21. The average molecular weight is 459 g/mol. The van der Waals surface area contributed by atoms with Gasteiger partial charge in [-0.05, 0) is 60.7 Å². The third-order valence-electron chi connectivity index (χ3n) is 4.58. The lowest BCUT2D eigenvalue weighted by atomic mass is 10.2. The van der Waals surface area contributed by atoms with Gasteiger partial charge < -0.3 is 5.32 Å². The van der Waals surface area contributed by atoms with Crippen LogP contribution in [0.5, 0.6) is 0 Å². The molecule has 0 atom stereocenters. The Morgan fingerprint density at radius 3 is 2.32 bits per heavy atom. The minimum atomic E-state index is -3.90. The van der Waals surface area contributed by atoms with Crippen molar-refractivity contribution in [2.24, 2.45) is 0 Å². The number of thioether (sulfide) groups is 1. The summed E-state index contributed by atoms with van der Waals surface area (Å²) in [7, 11) is -2.44. The molecular formula is C23H23FN2O3S2. The number of sulfonamides is 1. The first-order valence-electron chi connectivity index (χ1n) is 9.69. The summed E-state index contributed by atoms with van der Waals surface area (Å²) in [6.07, 6.45) is 0.687. The molecule has 0 aromatic heterocycles. The second-order valence-electron chi connectivity index (χ2n) is 6.72. The molecule has 3 aromatic carbocycles. The Hall–Kier alpha value is -2.84. The Morgan fingerprint density at radius 2 is 1.61 bits per heavy atom. The van der Waals surface area contributed by atoms with Gasteiger partial charge in [0.15, 0.2) is 0 Å². The first-order valence-corrected chi connectivity index (χ1v) is 12.1. The summed E-state index contributed by atoms with van der Waals surface area (Å²) >= 11 is 1.57. The minimum Gasteiger partial charge on any atom is -0.352 e. The van der Waals surface area contributed by atoms with E-state index in [0.29, 0.717) is 18.7 Å². The smallest absolute Gasteiger partial charge is 0.264 e. The normalized spacial score (nSPS) is 11.2. The van der Waals surface area contributed by atoms with Gasteiger partial charge in [0, 0.05) is 18.5 Å². The fraction of sp³-hybridized carbons (Fsp3) is 0.174. The molecule has 3 aromatic rings. The molecule has 3 rings (SSSR count). The fourth-order valence-electron chi connectivity index (χ4n) is 2.89. The van der Waals surface area contributed by atoms with E-state index in [2.05, 4.69) is 5.32 Å². The van der Waals surface area contributed by atoms with Crippen LogP contribution in [0.4, 0.5) is 10.1 Å². The summed E-state index contributed by atoms with van der Waals surface area (Å²) in [4.78, 5) is 13.6. The highest BCUT2D eigenvalue weighted by Gasteiger charge is 2.26. The molecule has 0 fully saturated rings. The van der Waals surface area contributed by atoms with Crippen LogP contribution in [-0.4, -0.2) is 33.7 Å². The number of carbonyl (C=O) groups is 1. The lowest BCUT2D eigenvalue weighted by molar-refractivity contribution is 0.0950. The van der Waals surface area contributed by atoms with Crippen LogP contribution in [0, 0.1) is 5.82 Å². The van der Waals surface area contributed by atoms with Gasteiger partial charge in [-0.2, -0.15) is 0 Å². The summed E-state index contributed by atoms with van der Waals surface area (Å²) < 4.78 is 40.4. The van der Waals surface area contributed by atoms with Gasteiger partial charge in [0.1, 0.15) is 10.7 Å². The van der Waals surface area contributed by atoms with Crippen LogP contribution < -0.4 is 9.62 Å². The maximum Gasteiger partial charge on any atom is 0.264 e. The molecule has 0 aliphatic rings. The number of hydrogen-bond acceptors (Lipinski definition) is 4. The van der Waals surface area contributed by atoms with Crippen LogP contribution in [0.15, 0.2) is 88.7 Å². The van der Waals surface area contributed by atoms with Crippen LogP contribution in [-0.2, 0) is 10.0 Å². The van der Waals surface area contributed by atoms with Crippen LogP contribution in [0.25, 0.3) is 0 Å². The summed E-state index contributed by atoms with van der Waals surface area (Å²) in [5.74, 6) is 0.0262. The van der Waals surface area contributed by atoms with Gasteiger partial charge in [0.25, 0.3) is 15.9 Å². The molecular weight excluding hydrogens is 435 g/mol. The molecule has 162 valence electrons. The van der Waals surface area contributed by atoms with Gasteiger partial charge in [0.05, 0.1) is 11.3 Å². The van der Waals surface area contributed by atoms with E-state index in [4.69, 9.17) is 0 Å². The molecule has 0 saturated heterocycles. The SMILES string of the molecule is CN(c1ccccc1)S(=O)(=O)c1ccccc1C(=O)NCCCSc1ccc(F)cc1. The number of carbonyl (C=O) groups excluding carboxylic acids is 1. The number of halogens is 1. The van der Waals surface area contributed by atoms with Gasteiger partial charge >= 0.3 is 0 Å². The molecule has 0 radical (unpaired) electrons. The molecule has 0 heterocycles. The van der Waals surface area contributed by atoms with Crippen molar-refractivity contribution < 1.29 is 17.6 Å². The number of rotatable bonds is 9. The molecule has 5 nitrogen and oxygen atoms in total. The number of amides is 1. The van der Waals surface area contributed by atoms with E-state index < -0.39 is 15.9 Å². The van der Waals surface area contributed by atoms with Gasteiger partial charge in [-0.3, -0.25) is 9.10 Å². The second kappa shape index (κ2) is 10.5. The number of hydrogen-bond donors (Lipinski definition) is 1. The van der Waals surface area contributed by atoms with Crippen molar-refractivity contribution in [2.75, 3.05) is 23.7 Å². The van der Waals surface area contributed by atoms with Crippen LogP contribution in [0.1, 0.15) is 16.8 Å². The largest absolute Gasteiger partial charge is 0.352 e. The maximum absolute atomic E-state index is 13.1. The van der Waals surface area contributed by atoms with Crippen molar-refractivity contribution in [3.05, 3.63) is 90.2 Å². The van der Waals surface area contributed by atoms with Gasteiger partial charge in [-0.25, -0.2) is 12.8 Å². The molecule has 0 spiro atoms. The van der Waals surface area contributed by atoms with Crippen LogP contribution in [0.3, 0.4) is 0 Å². The molecule has 0 aliphatic carbocycles. The number of nitrogens with zero attached hydrogens (tertiary/aromatic N) is 1. The highest BCUT2D eigenvalue weighted by atomic mass is 32.2. The molecule has 0 aliphatic heterocycles. The zero-order valence-corrected chi connectivity index (χ0v) is 18.6. The fourth-order valence-corrected chi connectivity index (χ4v) is 5.13. The predicted octanol–water partition coefficient (Wildman–Crippen LogP) is 4.56. The van der Waals surface area contributed by atoms with Crippen molar-refractivity contribution >= 4 is 33.4 Å². The zero-order chi connectivity index (χ0) is 22.3. The van der Waals surface area contributed by atoms with E-state index in [1.165, 1.54) is 35.6 Å². The summed E-state index contributed by atoms with van der Waals surface area (Å²) in [6, 6.07) is 21.1. The second-order valence-corrected chi connectivity index (χ2v) is 9.82. The molecule has 0 saturated carbocycles. The van der Waals surface area contributed by atoms with E-state index in [1.54, 1.807) is 66.4 Å². The van der Waals surface area contributed by atoms with Crippen molar-refractivity contribution in [1.29, 1.82) is 0 Å².